The van der Waals surface area contributed by atoms with E-state index in [1.54, 1.807) is 0 Å². The van der Waals surface area contributed by atoms with Crippen LogP contribution in [-0.2, 0) is 0 Å². The summed E-state index contributed by atoms with van der Waals surface area (Å²) in [6.45, 7) is 7.69. The van der Waals surface area contributed by atoms with Crippen LogP contribution in [0.15, 0.2) is 0 Å². The van der Waals surface area contributed by atoms with E-state index in [1.165, 1.54) is 25.7 Å². The Morgan fingerprint density at radius 3 is 2.54 bits per heavy atom. The number of hydrogen-bond donors (Lipinski definition) is 1. The summed E-state index contributed by atoms with van der Waals surface area (Å²) in [4.78, 5) is 2.65. The Morgan fingerprint density at radius 2 is 2.08 bits per heavy atom. The van der Waals surface area contributed by atoms with Gasteiger partial charge in [-0.15, -0.1) is 0 Å². The van der Waals surface area contributed by atoms with Crippen molar-refractivity contribution in [3.05, 3.63) is 0 Å². The van der Waals surface area contributed by atoms with Crippen LogP contribution in [0, 0.1) is 0 Å². The summed E-state index contributed by atoms with van der Waals surface area (Å²) in [5, 5.41) is 0. The molecule has 1 rings (SSSR count). The molecule has 0 aromatic heterocycles. The van der Waals surface area contributed by atoms with E-state index in [1.807, 2.05) is 0 Å². The van der Waals surface area contributed by atoms with E-state index in [0.29, 0.717) is 6.04 Å². The van der Waals surface area contributed by atoms with Crippen LogP contribution < -0.4 is 5.73 Å². The summed E-state index contributed by atoms with van der Waals surface area (Å²) in [5.41, 5.74) is 5.80. The second kappa shape index (κ2) is 4.97. The molecule has 3 atom stereocenters. The van der Waals surface area contributed by atoms with Crippen molar-refractivity contribution < 1.29 is 0 Å². The molecule has 1 fully saturated rings. The predicted octanol–water partition coefficient (Wildman–Crippen LogP) is 1.99. The number of nitrogens with two attached hydrogens (primary N) is 1. The molecular formula is C11H24N2. The van der Waals surface area contributed by atoms with E-state index >= 15 is 0 Å². The van der Waals surface area contributed by atoms with E-state index in [2.05, 4.69) is 25.7 Å². The highest BCUT2D eigenvalue weighted by atomic mass is 15.2. The molecule has 0 saturated carbocycles. The van der Waals surface area contributed by atoms with Gasteiger partial charge < -0.3 is 5.73 Å². The number of nitrogens with zero attached hydrogens (tertiary/aromatic N) is 1. The summed E-state index contributed by atoms with van der Waals surface area (Å²) >= 11 is 0. The summed E-state index contributed by atoms with van der Waals surface area (Å²) in [5.74, 6) is 0. The van der Waals surface area contributed by atoms with Crippen LogP contribution in [0.5, 0.6) is 0 Å². The maximum Gasteiger partial charge on any atom is 0.0221 e. The lowest BCUT2D eigenvalue weighted by Gasteiger charge is -2.34. The third kappa shape index (κ3) is 2.23. The molecule has 1 aliphatic heterocycles. The predicted molar refractivity (Wildman–Crippen MR) is 57.7 cm³/mol. The molecule has 0 radical (unpaired) electrons. The Bertz CT molecular complexity index is 143. The van der Waals surface area contributed by atoms with E-state index in [0.717, 1.165) is 18.6 Å². The van der Waals surface area contributed by atoms with Gasteiger partial charge in [0.15, 0.2) is 0 Å². The third-order valence-electron chi connectivity index (χ3n) is 3.48. The number of likely N-dealkylation sites (tertiary alicyclic amines) is 1. The van der Waals surface area contributed by atoms with E-state index in [9.17, 15) is 0 Å². The van der Waals surface area contributed by atoms with Crippen LogP contribution in [0.1, 0.15) is 46.5 Å². The lowest BCUT2D eigenvalue weighted by Crippen LogP contribution is -2.46. The Labute approximate surface area is 82.5 Å². The monoisotopic (exact) mass is 184 g/mol. The maximum atomic E-state index is 5.80. The van der Waals surface area contributed by atoms with Gasteiger partial charge in [0.1, 0.15) is 0 Å². The number of rotatable bonds is 4. The zero-order valence-corrected chi connectivity index (χ0v) is 9.29. The van der Waals surface area contributed by atoms with Crippen LogP contribution in [0.4, 0.5) is 0 Å². The van der Waals surface area contributed by atoms with Crippen LogP contribution in [0.25, 0.3) is 0 Å². The maximum absolute atomic E-state index is 5.80. The quantitative estimate of drug-likeness (QED) is 0.724. The zero-order chi connectivity index (χ0) is 9.84. The van der Waals surface area contributed by atoms with Gasteiger partial charge in [-0.25, -0.2) is 0 Å². The first-order valence-electron chi connectivity index (χ1n) is 5.72. The van der Waals surface area contributed by atoms with Gasteiger partial charge in [-0.3, -0.25) is 4.90 Å². The molecule has 0 spiro atoms. The van der Waals surface area contributed by atoms with Gasteiger partial charge in [0.25, 0.3) is 0 Å². The van der Waals surface area contributed by atoms with Gasteiger partial charge in [0.05, 0.1) is 0 Å². The highest BCUT2D eigenvalue weighted by Gasteiger charge is 2.32. The molecule has 13 heavy (non-hydrogen) atoms. The van der Waals surface area contributed by atoms with Gasteiger partial charge in [0, 0.05) is 24.7 Å². The van der Waals surface area contributed by atoms with Gasteiger partial charge in [0.2, 0.25) is 0 Å². The second-order valence-electron chi connectivity index (χ2n) is 4.23. The van der Waals surface area contributed by atoms with Crippen LogP contribution in [0.3, 0.4) is 0 Å². The smallest absolute Gasteiger partial charge is 0.0221 e. The Balaban J connectivity index is 2.61. The minimum Gasteiger partial charge on any atom is -0.329 e. The molecule has 3 unspecified atom stereocenters. The fraction of sp³-hybridized carbons (Fsp3) is 1.00. The fourth-order valence-corrected chi connectivity index (χ4v) is 2.66. The SMILES string of the molecule is CCC(CN)N1C(C)CCC1CC. The first-order chi connectivity index (χ1) is 6.24. The van der Waals surface area contributed by atoms with Gasteiger partial charge in [-0.2, -0.15) is 0 Å². The van der Waals surface area contributed by atoms with Crippen molar-refractivity contribution in [2.45, 2.75) is 64.6 Å². The van der Waals surface area contributed by atoms with Crippen LogP contribution in [-0.4, -0.2) is 29.6 Å². The minimum atomic E-state index is 0.613. The molecule has 2 N–H and O–H groups in total. The minimum absolute atomic E-state index is 0.613. The van der Waals surface area contributed by atoms with Crippen LogP contribution >= 0.6 is 0 Å². The van der Waals surface area contributed by atoms with Gasteiger partial charge >= 0.3 is 0 Å². The van der Waals surface area contributed by atoms with E-state index < -0.39 is 0 Å². The molecule has 1 heterocycles. The topological polar surface area (TPSA) is 29.3 Å². The normalized spacial score (nSPS) is 32.3. The molecule has 78 valence electrons. The Hall–Kier alpha value is -0.0800. The average molecular weight is 184 g/mol. The molecule has 0 aromatic carbocycles. The van der Waals surface area contributed by atoms with Crippen molar-refractivity contribution in [3.63, 3.8) is 0 Å². The Kier molecular flexibility index (Phi) is 4.20. The Morgan fingerprint density at radius 1 is 1.38 bits per heavy atom. The van der Waals surface area contributed by atoms with Crippen molar-refractivity contribution in [1.82, 2.24) is 4.90 Å². The molecule has 0 aliphatic carbocycles. The largest absolute Gasteiger partial charge is 0.329 e. The summed E-state index contributed by atoms with van der Waals surface area (Å²) < 4.78 is 0. The zero-order valence-electron chi connectivity index (χ0n) is 9.29. The summed E-state index contributed by atoms with van der Waals surface area (Å²) in [7, 11) is 0. The lowest BCUT2D eigenvalue weighted by molar-refractivity contribution is 0.133. The summed E-state index contributed by atoms with van der Waals surface area (Å²) in [6, 6.07) is 2.16. The van der Waals surface area contributed by atoms with Gasteiger partial charge in [-0.1, -0.05) is 13.8 Å². The second-order valence-corrected chi connectivity index (χ2v) is 4.23. The van der Waals surface area contributed by atoms with Crippen molar-refractivity contribution >= 4 is 0 Å². The molecule has 0 bridgehead atoms. The molecule has 1 saturated heterocycles. The highest BCUT2D eigenvalue weighted by molar-refractivity contribution is 4.89. The first-order valence-corrected chi connectivity index (χ1v) is 5.72. The van der Waals surface area contributed by atoms with E-state index in [-0.39, 0.29) is 0 Å². The standard InChI is InChI=1S/C11H24N2/c1-4-10-7-6-9(3)13(10)11(5-2)8-12/h9-11H,4-8,12H2,1-3H3. The summed E-state index contributed by atoms with van der Waals surface area (Å²) in [6.07, 6.45) is 5.20. The fourth-order valence-electron chi connectivity index (χ4n) is 2.66. The molecule has 2 heteroatoms. The molecule has 2 nitrogen and oxygen atoms in total. The highest BCUT2D eigenvalue weighted by Crippen LogP contribution is 2.28. The lowest BCUT2D eigenvalue weighted by atomic mass is 10.1. The van der Waals surface area contributed by atoms with Crippen LogP contribution in [0.2, 0.25) is 0 Å². The first kappa shape index (κ1) is 11.0. The van der Waals surface area contributed by atoms with Crippen molar-refractivity contribution in [1.29, 1.82) is 0 Å². The molecule has 0 amide bonds. The molecule has 0 aromatic rings. The molecular weight excluding hydrogens is 160 g/mol. The van der Waals surface area contributed by atoms with Crippen molar-refractivity contribution in [2.24, 2.45) is 5.73 Å². The molecule has 1 aliphatic rings. The van der Waals surface area contributed by atoms with Gasteiger partial charge in [-0.05, 0) is 32.6 Å². The number of hydrogen-bond acceptors (Lipinski definition) is 2. The van der Waals surface area contributed by atoms with E-state index in [4.69, 9.17) is 5.73 Å². The van der Waals surface area contributed by atoms with Crippen molar-refractivity contribution in [3.8, 4) is 0 Å². The van der Waals surface area contributed by atoms with Crippen molar-refractivity contribution in [2.75, 3.05) is 6.54 Å². The third-order valence-corrected chi connectivity index (χ3v) is 3.48. The average Bonchev–Trinajstić information content (AvgIpc) is 2.51.